The number of amides is 1. The van der Waals surface area contributed by atoms with Crippen LogP contribution >= 0.6 is 11.6 Å². The molecule has 0 aliphatic rings. The molecule has 21 heavy (non-hydrogen) atoms. The predicted octanol–water partition coefficient (Wildman–Crippen LogP) is 3.41. The first-order valence-electron chi connectivity index (χ1n) is 6.96. The Bertz CT molecular complexity index is 485. The van der Waals surface area contributed by atoms with Gasteiger partial charge in [-0.25, -0.2) is 4.79 Å². The van der Waals surface area contributed by atoms with Gasteiger partial charge in [-0.3, -0.25) is 0 Å². The van der Waals surface area contributed by atoms with Gasteiger partial charge in [0, 0.05) is 17.0 Å². The fourth-order valence-electron chi connectivity index (χ4n) is 1.91. The van der Waals surface area contributed by atoms with Crippen molar-refractivity contribution in [2.24, 2.45) is 5.41 Å². The lowest BCUT2D eigenvalue weighted by Gasteiger charge is -2.28. The van der Waals surface area contributed by atoms with E-state index in [0.29, 0.717) is 18.0 Å². The molecule has 5 heteroatoms. The summed E-state index contributed by atoms with van der Waals surface area (Å²) in [4.78, 5) is 11.7. The Kier molecular flexibility index (Phi) is 6.05. The summed E-state index contributed by atoms with van der Waals surface area (Å²) < 4.78 is 5.19. The first-order valence-corrected chi connectivity index (χ1v) is 7.33. The zero-order valence-electron chi connectivity index (χ0n) is 13.1. The van der Waals surface area contributed by atoms with Gasteiger partial charge in [0.1, 0.15) is 5.60 Å². The fourth-order valence-corrected chi connectivity index (χ4v) is 2.13. The quantitative estimate of drug-likeness (QED) is 0.876. The second-order valence-electron chi connectivity index (χ2n) is 6.63. The molecule has 1 amide bonds. The first-order chi connectivity index (χ1) is 9.63. The Balaban J connectivity index is 2.62. The number of benzene rings is 1. The lowest BCUT2D eigenvalue weighted by molar-refractivity contribution is 0.0478. The molecule has 2 N–H and O–H groups in total. The molecule has 1 atom stereocenters. The van der Waals surface area contributed by atoms with Crippen LogP contribution in [0.3, 0.4) is 0 Å². The number of nitrogens with one attached hydrogen (secondary N) is 1. The molecule has 0 radical (unpaired) electrons. The van der Waals surface area contributed by atoms with Crippen molar-refractivity contribution in [1.29, 1.82) is 0 Å². The smallest absolute Gasteiger partial charge is 0.407 e. The Morgan fingerprint density at radius 2 is 2.00 bits per heavy atom. The van der Waals surface area contributed by atoms with E-state index >= 15 is 0 Å². The van der Waals surface area contributed by atoms with Gasteiger partial charge in [0.2, 0.25) is 0 Å². The summed E-state index contributed by atoms with van der Waals surface area (Å²) in [6.07, 6.45) is 0.133. The summed E-state index contributed by atoms with van der Waals surface area (Å²) in [5.74, 6) is 0. The molecule has 0 heterocycles. The molecule has 4 nitrogen and oxygen atoms in total. The third kappa shape index (κ3) is 6.82. The number of carbonyl (C=O) groups is 1. The Morgan fingerprint density at radius 1 is 1.33 bits per heavy atom. The minimum Gasteiger partial charge on any atom is -0.444 e. The molecular weight excluding hydrogens is 290 g/mol. The molecule has 1 aromatic rings. The molecule has 0 aromatic heterocycles. The molecule has 0 fully saturated rings. The van der Waals surface area contributed by atoms with Crippen molar-refractivity contribution in [3.63, 3.8) is 0 Å². The van der Waals surface area contributed by atoms with Crippen LogP contribution in [0.25, 0.3) is 0 Å². The standard InChI is InChI=1S/C16H24ClNO3/c1-15(2,3)21-14(20)18-10-16(4,11-19)9-12-6-5-7-13(17)8-12/h5-8,19H,9-11H2,1-4H3,(H,18,20). The van der Waals surface area contributed by atoms with Crippen molar-refractivity contribution in [1.82, 2.24) is 5.32 Å². The van der Waals surface area contributed by atoms with E-state index in [-0.39, 0.29) is 6.61 Å². The monoisotopic (exact) mass is 313 g/mol. The van der Waals surface area contributed by atoms with Gasteiger partial charge in [0.05, 0.1) is 6.61 Å². The van der Waals surface area contributed by atoms with Gasteiger partial charge in [-0.2, -0.15) is 0 Å². The van der Waals surface area contributed by atoms with E-state index in [9.17, 15) is 9.90 Å². The minimum absolute atomic E-state index is 0.0463. The van der Waals surface area contributed by atoms with Crippen LogP contribution in [0.2, 0.25) is 5.02 Å². The van der Waals surface area contributed by atoms with E-state index in [4.69, 9.17) is 16.3 Å². The van der Waals surface area contributed by atoms with Crippen LogP contribution in [0, 0.1) is 5.41 Å². The van der Waals surface area contributed by atoms with E-state index < -0.39 is 17.1 Å². The van der Waals surface area contributed by atoms with Crippen molar-refractivity contribution in [2.75, 3.05) is 13.2 Å². The highest BCUT2D eigenvalue weighted by Crippen LogP contribution is 2.23. The second kappa shape index (κ2) is 7.14. The lowest BCUT2D eigenvalue weighted by Crippen LogP contribution is -2.41. The predicted molar refractivity (Wildman–Crippen MR) is 84.6 cm³/mol. The van der Waals surface area contributed by atoms with Crippen molar-refractivity contribution < 1.29 is 14.6 Å². The molecule has 0 saturated heterocycles. The Morgan fingerprint density at radius 3 is 2.52 bits per heavy atom. The number of aliphatic hydroxyl groups excluding tert-OH is 1. The van der Waals surface area contributed by atoms with Gasteiger partial charge in [0.15, 0.2) is 0 Å². The van der Waals surface area contributed by atoms with E-state index in [2.05, 4.69) is 5.32 Å². The summed E-state index contributed by atoms with van der Waals surface area (Å²) in [5, 5.41) is 13.0. The Labute approximate surface area is 131 Å². The average molecular weight is 314 g/mol. The van der Waals surface area contributed by atoms with Crippen LogP contribution in [0.5, 0.6) is 0 Å². The van der Waals surface area contributed by atoms with E-state index in [1.54, 1.807) is 6.07 Å². The van der Waals surface area contributed by atoms with Gasteiger partial charge >= 0.3 is 6.09 Å². The highest BCUT2D eigenvalue weighted by Gasteiger charge is 2.26. The average Bonchev–Trinajstić information content (AvgIpc) is 2.34. The highest BCUT2D eigenvalue weighted by atomic mass is 35.5. The zero-order chi connectivity index (χ0) is 16.1. The second-order valence-corrected chi connectivity index (χ2v) is 7.07. The topological polar surface area (TPSA) is 58.6 Å². The third-order valence-electron chi connectivity index (χ3n) is 2.96. The summed E-state index contributed by atoms with van der Waals surface area (Å²) in [5.41, 5.74) is 0.0128. The summed E-state index contributed by atoms with van der Waals surface area (Å²) in [6.45, 7) is 7.61. The highest BCUT2D eigenvalue weighted by molar-refractivity contribution is 6.30. The van der Waals surface area contributed by atoms with Crippen LogP contribution in [-0.2, 0) is 11.2 Å². The summed E-state index contributed by atoms with van der Waals surface area (Å²) in [6, 6.07) is 7.49. The molecule has 0 aliphatic carbocycles. The number of ether oxygens (including phenoxy) is 1. The number of aliphatic hydroxyl groups is 1. The van der Waals surface area contributed by atoms with Gasteiger partial charge in [0.25, 0.3) is 0 Å². The maximum Gasteiger partial charge on any atom is 0.407 e. The molecule has 1 rings (SSSR count). The van der Waals surface area contributed by atoms with Crippen LogP contribution in [0.4, 0.5) is 4.79 Å². The third-order valence-corrected chi connectivity index (χ3v) is 3.20. The van der Waals surface area contributed by atoms with Crippen LogP contribution in [0.1, 0.15) is 33.3 Å². The number of carbonyl (C=O) groups excluding carboxylic acids is 1. The van der Waals surface area contributed by atoms with Crippen molar-refractivity contribution in [3.05, 3.63) is 34.9 Å². The van der Waals surface area contributed by atoms with Crippen molar-refractivity contribution in [3.8, 4) is 0 Å². The number of halogens is 1. The molecule has 1 unspecified atom stereocenters. The summed E-state index contributed by atoms with van der Waals surface area (Å²) >= 11 is 5.96. The maximum absolute atomic E-state index is 11.7. The van der Waals surface area contributed by atoms with E-state index in [1.165, 1.54) is 0 Å². The van der Waals surface area contributed by atoms with Crippen LogP contribution < -0.4 is 5.32 Å². The van der Waals surface area contributed by atoms with Crippen molar-refractivity contribution in [2.45, 2.75) is 39.7 Å². The molecule has 0 spiro atoms. The zero-order valence-corrected chi connectivity index (χ0v) is 13.8. The molecule has 0 aliphatic heterocycles. The number of alkyl carbamates (subject to hydrolysis) is 1. The van der Waals surface area contributed by atoms with Crippen molar-refractivity contribution >= 4 is 17.7 Å². The van der Waals surface area contributed by atoms with Gasteiger partial charge in [-0.15, -0.1) is 0 Å². The van der Waals surface area contributed by atoms with E-state index in [0.717, 1.165) is 5.56 Å². The van der Waals surface area contributed by atoms with E-state index in [1.807, 2.05) is 45.9 Å². The SMILES string of the molecule is CC(CO)(CNC(=O)OC(C)(C)C)Cc1cccc(Cl)c1. The normalized spacial score (nSPS) is 14.4. The number of hydrogen-bond donors (Lipinski definition) is 2. The van der Waals surface area contributed by atoms with Gasteiger partial charge in [-0.05, 0) is 44.9 Å². The molecule has 0 bridgehead atoms. The number of rotatable bonds is 5. The van der Waals surface area contributed by atoms with Crippen LogP contribution in [-0.4, -0.2) is 30.0 Å². The fraction of sp³-hybridized carbons (Fsp3) is 0.562. The molecule has 118 valence electrons. The Hall–Kier alpha value is -1.26. The summed E-state index contributed by atoms with van der Waals surface area (Å²) in [7, 11) is 0. The minimum atomic E-state index is -0.535. The van der Waals surface area contributed by atoms with Crippen LogP contribution in [0.15, 0.2) is 24.3 Å². The maximum atomic E-state index is 11.7. The molecule has 1 aromatic carbocycles. The first kappa shape index (κ1) is 17.8. The van der Waals surface area contributed by atoms with Gasteiger partial charge in [-0.1, -0.05) is 30.7 Å². The lowest BCUT2D eigenvalue weighted by atomic mass is 9.84. The number of hydrogen-bond acceptors (Lipinski definition) is 3. The molecular formula is C16H24ClNO3. The largest absolute Gasteiger partial charge is 0.444 e. The van der Waals surface area contributed by atoms with Gasteiger partial charge < -0.3 is 15.2 Å². The molecule has 0 saturated carbocycles.